The van der Waals surface area contributed by atoms with E-state index < -0.39 is 0 Å². The molecule has 1 amide bonds. The lowest BCUT2D eigenvalue weighted by molar-refractivity contribution is -0.122. The van der Waals surface area contributed by atoms with Crippen LogP contribution in [0.3, 0.4) is 0 Å². The number of benzene rings is 2. The van der Waals surface area contributed by atoms with Crippen LogP contribution in [0.5, 0.6) is 0 Å². The minimum absolute atomic E-state index is 0.0502. The highest BCUT2D eigenvalue weighted by Gasteiger charge is 2.32. The van der Waals surface area contributed by atoms with E-state index in [9.17, 15) is 9.59 Å². The number of carbonyl (C=O) groups is 2. The highest BCUT2D eigenvalue weighted by atomic mass is 32.2. The lowest BCUT2D eigenvalue weighted by Crippen LogP contribution is -2.28. The van der Waals surface area contributed by atoms with Crippen molar-refractivity contribution < 1.29 is 14.3 Å². The normalized spacial score (nSPS) is 18.6. The molecule has 0 spiro atoms. The number of likely N-dealkylation sites (N-methyl/N-ethyl adjacent to an activating group) is 1. The first-order valence-corrected chi connectivity index (χ1v) is 12.2. The molecule has 172 valence electrons. The summed E-state index contributed by atoms with van der Waals surface area (Å²) in [5, 5.41) is 0.612. The Morgan fingerprint density at radius 2 is 1.94 bits per heavy atom. The number of aryl methyl sites for hydroxylation is 1. The molecule has 0 radical (unpaired) electrons. The number of amides is 1. The summed E-state index contributed by atoms with van der Waals surface area (Å²) < 4.78 is 5.08. The molecule has 6 nitrogen and oxygen atoms in total. The van der Waals surface area contributed by atoms with E-state index >= 15 is 0 Å². The van der Waals surface area contributed by atoms with Gasteiger partial charge in [-0.2, -0.15) is 0 Å². The first kappa shape index (κ1) is 23.1. The Balaban J connectivity index is 1.59. The van der Waals surface area contributed by atoms with Gasteiger partial charge in [-0.1, -0.05) is 12.1 Å². The molecule has 0 aromatic heterocycles. The minimum Gasteiger partial charge on any atom is -0.462 e. The van der Waals surface area contributed by atoms with Crippen molar-refractivity contribution in [1.82, 2.24) is 4.90 Å². The molecular formula is C26H29N3O3S. The maximum atomic E-state index is 13.1. The molecular weight excluding hydrogens is 434 g/mol. The van der Waals surface area contributed by atoms with Crippen molar-refractivity contribution in [3.05, 3.63) is 64.1 Å². The summed E-state index contributed by atoms with van der Waals surface area (Å²) in [5.41, 5.74) is 4.49. The average Bonchev–Trinajstić information content (AvgIpc) is 3.44. The van der Waals surface area contributed by atoms with Crippen molar-refractivity contribution in [2.75, 3.05) is 31.1 Å². The van der Waals surface area contributed by atoms with Crippen molar-refractivity contribution in [3.63, 3.8) is 0 Å². The first-order valence-electron chi connectivity index (χ1n) is 11.4. The van der Waals surface area contributed by atoms with Crippen LogP contribution in [0.1, 0.15) is 48.2 Å². The number of hydrogen-bond donors (Lipinski definition) is 0. The molecule has 2 heterocycles. The zero-order valence-electron chi connectivity index (χ0n) is 19.3. The maximum Gasteiger partial charge on any atom is 0.338 e. The molecule has 2 aliphatic heterocycles. The SMILES string of the molecule is CCOC(=O)c1cccc(N=C2SC(=Cc3ccc(N4CCCC4)cc3C)C(=O)N2CC)c1. The van der Waals surface area contributed by atoms with Gasteiger partial charge in [-0.3, -0.25) is 9.69 Å². The fourth-order valence-corrected chi connectivity index (χ4v) is 5.09. The van der Waals surface area contributed by atoms with Crippen molar-refractivity contribution in [1.29, 1.82) is 0 Å². The minimum atomic E-state index is -0.379. The number of hydrogen-bond acceptors (Lipinski definition) is 6. The molecule has 0 atom stereocenters. The second kappa shape index (κ2) is 10.3. The van der Waals surface area contributed by atoms with Crippen LogP contribution in [0, 0.1) is 6.92 Å². The molecule has 2 aliphatic rings. The van der Waals surface area contributed by atoms with Crippen LogP contribution in [0.4, 0.5) is 11.4 Å². The molecule has 0 N–H and O–H groups in total. The van der Waals surface area contributed by atoms with Gasteiger partial charge in [0.1, 0.15) is 0 Å². The van der Waals surface area contributed by atoms with Crippen LogP contribution in [0.2, 0.25) is 0 Å². The van der Waals surface area contributed by atoms with Crippen LogP contribution in [-0.2, 0) is 9.53 Å². The van der Waals surface area contributed by atoms with Gasteiger partial charge < -0.3 is 9.64 Å². The maximum absolute atomic E-state index is 13.1. The van der Waals surface area contributed by atoms with E-state index in [4.69, 9.17) is 4.74 Å². The summed E-state index contributed by atoms with van der Waals surface area (Å²) in [5.74, 6) is -0.429. The Morgan fingerprint density at radius 1 is 1.15 bits per heavy atom. The Bertz CT molecular complexity index is 1120. The Labute approximate surface area is 199 Å². The Hall–Kier alpha value is -3.06. The molecule has 2 aromatic carbocycles. The van der Waals surface area contributed by atoms with E-state index in [2.05, 4.69) is 35.0 Å². The standard InChI is InChI=1S/C26H29N3O3S/c1-4-29-24(30)23(17-19-11-12-22(15-18(19)3)28-13-6-7-14-28)33-26(29)27-21-10-8-9-20(16-21)25(31)32-5-2/h8-12,15-17H,4-7,13-14H2,1-3H3. The Kier molecular flexibility index (Phi) is 7.18. The average molecular weight is 464 g/mol. The largest absolute Gasteiger partial charge is 0.462 e. The van der Waals surface area contributed by atoms with Crippen LogP contribution < -0.4 is 4.90 Å². The molecule has 4 rings (SSSR count). The van der Waals surface area contributed by atoms with Gasteiger partial charge in [0.25, 0.3) is 5.91 Å². The van der Waals surface area contributed by atoms with Gasteiger partial charge in [-0.15, -0.1) is 0 Å². The third kappa shape index (κ3) is 5.14. The number of amidine groups is 1. The molecule has 7 heteroatoms. The smallest absolute Gasteiger partial charge is 0.338 e. The predicted molar refractivity (Wildman–Crippen MR) is 135 cm³/mol. The molecule has 0 aliphatic carbocycles. The van der Waals surface area contributed by atoms with Gasteiger partial charge in [0.05, 0.1) is 22.8 Å². The van der Waals surface area contributed by atoms with Crippen molar-refractivity contribution in [3.8, 4) is 0 Å². The van der Waals surface area contributed by atoms with Crippen LogP contribution >= 0.6 is 11.8 Å². The van der Waals surface area contributed by atoms with E-state index in [-0.39, 0.29) is 11.9 Å². The number of carbonyl (C=O) groups excluding carboxylic acids is 2. The zero-order valence-corrected chi connectivity index (χ0v) is 20.2. The first-order chi connectivity index (χ1) is 16.0. The topological polar surface area (TPSA) is 62.2 Å². The van der Waals surface area contributed by atoms with E-state index in [1.165, 1.54) is 30.3 Å². The molecule has 0 saturated carbocycles. The molecule has 2 aromatic rings. The van der Waals surface area contributed by atoms with Gasteiger partial charge in [-0.05, 0) is 92.9 Å². The highest BCUT2D eigenvalue weighted by Crippen LogP contribution is 2.35. The number of thioether (sulfide) groups is 1. The van der Waals surface area contributed by atoms with Crippen molar-refractivity contribution >= 4 is 46.3 Å². The zero-order chi connectivity index (χ0) is 23.4. The number of anilines is 1. The fraction of sp³-hybridized carbons (Fsp3) is 0.346. The molecule has 0 bridgehead atoms. The summed E-state index contributed by atoms with van der Waals surface area (Å²) >= 11 is 1.36. The fourth-order valence-electron chi connectivity index (χ4n) is 4.03. The van der Waals surface area contributed by atoms with Crippen molar-refractivity contribution in [2.45, 2.75) is 33.6 Å². The van der Waals surface area contributed by atoms with Crippen LogP contribution in [0.15, 0.2) is 52.4 Å². The summed E-state index contributed by atoms with van der Waals surface area (Å²) in [6, 6.07) is 13.4. The van der Waals surface area contributed by atoms with E-state index in [1.807, 2.05) is 19.1 Å². The van der Waals surface area contributed by atoms with E-state index in [1.54, 1.807) is 30.0 Å². The Morgan fingerprint density at radius 3 is 2.64 bits per heavy atom. The number of nitrogens with zero attached hydrogens (tertiary/aromatic N) is 3. The summed E-state index contributed by atoms with van der Waals surface area (Å²) in [7, 11) is 0. The summed E-state index contributed by atoms with van der Waals surface area (Å²) in [6.07, 6.45) is 4.44. The third-order valence-electron chi connectivity index (χ3n) is 5.80. The van der Waals surface area contributed by atoms with Crippen LogP contribution in [0.25, 0.3) is 6.08 Å². The number of aliphatic imine (C=N–C) groups is 1. The van der Waals surface area contributed by atoms with Gasteiger partial charge in [0, 0.05) is 25.3 Å². The number of rotatable bonds is 6. The quantitative estimate of drug-likeness (QED) is 0.424. The monoisotopic (exact) mass is 463 g/mol. The van der Waals surface area contributed by atoms with E-state index in [0.29, 0.717) is 34.5 Å². The predicted octanol–water partition coefficient (Wildman–Crippen LogP) is 5.40. The van der Waals surface area contributed by atoms with Crippen molar-refractivity contribution in [2.24, 2.45) is 4.99 Å². The number of ether oxygens (including phenoxy) is 1. The van der Waals surface area contributed by atoms with Crippen LogP contribution in [-0.4, -0.2) is 48.2 Å². The lowest BCUT2D eigenvalue weighted by atomic mass is 10.1. The summed E-state index contributed by atoms with van der Waals surface area (Å²) in [6.45, 7) is 8.85. The lowest BCUT2D eigenvalue weighted by Gasteiger charge is -2.18. The van der Waals surface area contributed by atoms with Gasteiger partial charge >= 0.3 is 5.97 Å². The second-order valence-corrected chi connectivity index (χ2v) is 9.07. The molecule has 33 heavy (non-hydrogen) atoms. The highest BCUT2D eigenvalue weighted by molar-refractivity contribution is 8.18. The van der Waals surface area contributed by atoms with Gasteiger partial charge in [-0.25, -0.2) is 9.79 Å². The molecule has 2 saturated heterocycles. The third-order valence-corrected chi connectivity index (χ3v) is 6.80. The number of esters is 1. The van der Waals surface area contributed by atoms with Gasteiger partial charge in [0.15, 0.2) is 5.17 Å². The molecule has 2 fully saturated rings. The summed E-state index contributed by atoms with van der Waals surface area (Å²) in [4.78, 5) is 34.5. The van der Waals surface area contributed by atoms with E-state index in [0.717, 1.165) is 24.2 Å². The second-order valence-electron chi connectivity index (χ2n) is 8.06. The van der Waals surface area contributed by atoms with Gasteiger partial charge in [0.2, 0.25) is 0 Å². The molecule has 0 unspecified atom stereocenters.